The average molecular weight is 439 g/mol. The van der Waals surface area contributed by atoms with Crippen molar-refractivity contribution in [2.75, 3.05) is 26.1 Å². The number of halogens is 2. The van der Waals surface area contributed by atoms with E-state index in [0.717, 1.165) is 16.6 Å². The Morgan fingerprint density at radius 3 is 2.38 bits per heavy atom. The van der Waals surface area contributed by atoms with Crippen LogP contribution in [0.4, 0.5) is 11.4 Å². The molecule has 3 aromatic rings. The number of benzene rings is 2. The van der Waals surface area contributed by atoms with Gasteiger partial charge in [0, 0.05) is 11.6 Å². The van der Waals surface area contributed by atoms with Gasteiger partial charge in [0.2, 0.25) is 0 Å². The first-order chi connectivity index (χ1) is 13.1. The van der Waals surface area contributed by atoms with Gasteiger partial charge in [0.1, 0.15) is 22.6 Å². The van der Waals surface area contributed by atoms with Crippen molar-refractivity contribution in [1.82, 2.24) is 4.98 Å². The number of hydrogen-bond donors (Lipinski definition) is 1. The minimum absolute atomic E-state index is 0. The zero-order valence-electron chi connectivity index (χ0n) is 16.6. The van der Waals surface area contributed by atoms with Gasteiger partial charge in [0.05, 0.1) is 32.2 Å². The van der Waals surface area contributed by atoms with Gasteiger partial charge < -0.3 is 19.5 Å². The van der Waals surface area contributed by atoms with Crippen molar-refractivity contribution in [3.8, 4) is 11.5 Å². The molecule has 0 fully saturated rings. The molecular weight excluding hydrogens is 415 g/mol. The number of para-hydroxylation sites is 2. The van der Waals surface area contributed by atoms with Crippen molar-refractivity contribution in [1.29, 1.82) is 0 Å². The molecule has 0 spiro atoms. The van der Waals surface area contributed by atoms with Gasteiger partial charge in [-0.2, -0.15) is 0 Å². The third-order valence-electron chi connectivity index (χ3n) is 4.27. The Kier molecular flexibility index (Phi) is 9.01. The van der Waals surface area contributed by atoms with E-state index in [1.807, 2.05) is 43.3 Å². The Hall–Kier alpha value is -2.70. The van der Waals surface area contributed by atoms with Crippen molar-refractivity contribution in [3.63, 3.8) is 0 Å². The summed E-state index contributed by atoms with van der Waals surface area (Å²) in [5.74, 6) is 0.860. The van der Waals surface area contributed by atoms with Gasteiger partial charge in [-0.15, -0.1) is 24.8 Å². The number of hydrogen-bond acceptors (Lipinski definition) is 6. The second-order valence-electron chi connectivity index (χ2n) is 5.90. The van der Waals surface area contributed by atoms with Crippen LogP contribution in [-0.2, 0) is 4.74 Å². The van der Waals surface area contributed by atoms with Gasteiger partial charge in [-0.3, -0.25) is 4.98 Å². The molecule has 0 aliphatic heterocycles. The highest BCUT2D eigenvalue weighted by molar-refractivity contribution is 6.08. The highest BCUT2D eigenvalue weighted by Crippen LogP contribution is 2.38. The molecule has 1 aromatic heterocycles. The maximum absolute atomic E-state index is 12.6. The SMILES string of the molecule is CCOC(=O)c1cnc2c(OC)ccc(C)c2c1Nc1ccccc1OC.Cl.Cl. The Morgan fingerprint density at radius 1 is 1.03 bits per heavy atom. The smallest absolute Gasteiger partial charge is 0.341 e. The molecule has 0 aliphatic rings. The molecule has 6 nitrogen and oxygen atoms in total. The Bertz CT molecular complexity index is 996. The van der Waals surface area contributed by atoms with Gasteiger partial charge in [0.25, 0.3) is 0 Å². The topological polar surface area (TPSA) is 69.7 Å². The molecule has 0 saturated heterocycles. The highest BCUT2D eigenvalue weighted by atomic mass is 35.5. The number of ether oxygens (including phenoxy) is 3. The molecule has 0 atom stereocenters. The molecular formula is C21H24Cl2N2O4. The predicted octanol–water partition coefficient (Wildman–Crippen LogP) is 5.32. The van der Waals surface area contributed by atoms with Crippen LogP contribution in [0.15, 0.2) is 42.6 Å². The lowest BCUT2D eigenvalue weighted by molar-refractivity contribution is 0.0527. The Morgan fingerprint density at radius 2 is 1.72 bits per heavy atom. The monoisotopic (exact) mass is 438 g/mol. The second kappa shape index (κ2) is 10.7. The first-order valence-corrected chi connectivity index (χ1v) is 8.64. The molecule has 3 rings (SSSR count). The third kappa shape index (κ3) is 4.83. The predicted molar refractivity (Wildman–Crippen MR) is 120 cm³/mol. The number of aryl methyl sites for hydroxylation is 1. The maximum Gasteiger partial charge on any atom is 0.341 e. The number of carbonyl (C=O) groups excluding carboxylic acids is 1. The normalized spacial score (nSPS) is 9.79. The standard InChI is InChI=1S/C21H22N2O4.2ClH/c1-5-27-21(24)14-12-22-20-17(26-4)11-10-13(2)18(20)19(14)23-15-8-6-7-9-16(15)25-3;;/h6-12H,5H2,1-4H3,(H,22,23);2*1H. The van der Waals surface area contributed by atoms with Crippen LogP contribution in [0.5, 0.6) is 11.5 Å². The van der Waals surface area contributed by atoms with Crippen molar-refractivity contribution >= 4 is 53.1 Å². The van der Waals surface area contributed by atoms with Crippen LogP contribution in [0, 0.1) is 6.92 Å². The molecule has 29 heavy (non-hydrogen) atoms. The number of rotatable bonds is 6. The van der Waals surface area contributed by atoms with Gasteiger partial charge in [0.15, 0.2) is 0 Å². The minimum Gasteiger partial charge on any atom is -0.495 e. The summed E-state index contributed by atoms with van der Waals surface area (Å²) in [7, 11) is 3.20. The van der Waals surface area contributed by atoms with E-state index in [1.54, 1.807) is 21.1 Å². The van der Waals surface area contributed by atoms with E-state index >= 15 is 0 Å². The summed E-state index contributed by atoms with van der Waals surface area (Å²) in [6.45, 7) is 4.02. The summed E-state index contributed by atoms with van der Waals surface area (Å²) in [5.41, 5.74) is 3.33. The van der Waals surface area contributed by atoms with Gasteiger partial charge in [-0.05, 0) is 37.6 Å². The molecule has 0 unspecified atom stereocenters. The van der Waals surface area contributed by atoms with Crippen molar-refractivity contribution < 1.29 is 19.0 Å². The average Bonchev–Trinajstić information content (AvgIpc) is 2.69. The first kappa shape index (κ1) is 24.3. The molecule has 1 N–H and O–H groups in total. The summed E-state index contributed by atoms with van der Waals surface area (Å²) >= 11 is 0. The summed E-state index contributed by atoms with van der Waals surface area (Å²) in [6.07, 6.45) is 1.51. The fourth-order valence-electron chi connectivity index (χ4n) is 2.99. The zero-order chi connectivity index (χ0) is 19.4. The van der Waals surface area contributed by atoms with Crippen LogP contribution in [0.1, 0.15) is 22.8 Å². The largest absolute Gasteiger partial charge is 0.495 e. The molecule has 156 valence electrons. The highest BCUT2D eigenvalue weighted by Gasteiger charge is 2.20. The van der Waals surface area contributed by atoms with Crippen LogP contribution < -0.4 is 14.8 Å². The lowest BCUT2D eigenvalue weighted by Crippen LogP contribution is -2.10. The van der Waals surface area contributed by atoms with E-state index in [4.69, 9.17) is 14.2 Å². The summed E-state index contributed by atoms with van der Waals surface area (Å²) in [5, 5.41) is 4.14. The molecule has 0 amide bonds. The number of nitrogens with one attached hydrogen (secondary N) is 1. The number of carbonyl (C=O) groups is 1. The molecule has 0 radical (unpaired) electrons. The number of methoxy groups -OCH3 is 2. The lowest BCUT2D eigenvalue weighted by atomic mass is 10.0. The van der Waals surface area contributed by atoms with Crippen LogP contribution in [0.25, 0.3) is 10.9 Å². The molecule has 1 heterocycles. The molecule has 2 aromatic carbocycles. The van der Waals surface area contributed by atoms with Gasteiger partial charge >= 0.3 is 5.97 Å². The van der Waals surface area contributed by atoms with E-state index in [1.165, 1.54) is 6.20 Å². The van der Waals surface area contributed by atoms with Crippen molar-refractivity contribution in [2.45, 2.75) is 13.8 Å². The van der Waals surface area contributed by atoms with Crippen molar-refractivity contribution in [2.24, 2.45) is 0 Å². The summed E-state index contributed by atoms with van der Waals surface area (Å²) < 4.78 is 16.1. The van der Waals surface area contributed by atoms with Crippen LogP contribution >= 0.6 is 24.8 Å². The van der Waals surface area contributed by atoms with E-state index in [2.05, 4.69) is 10.3 Å². The van der Waals surface area contributed by atoms with E-state index in [0.29, 0.717) is 28.3 Å². The number of esters is 1. The summed E-state index contributed by atoms with van der Waals surface area (Å²) in [4.78, 5) is 17.0. The minimum atomic E-state index is -0.438. The third-order valence-corrected chi connectivity index (χ3v) is 4.27. The quantitative estimate of drug-likeness (QED) is 0.524. The lowest BCUT2D eigenvalue weighted by Gasteiger charge is -2.18. The summed E-state index contributed by atoms with van der Waals surface area (Å²) in [6, 6.07) is 11.3. The van der Waals surface area contributed by atoms with E-state index < -0.39 is 5.97 Å². The fourth-order valence-corrected chi connectivity index (χ4v) is 2.99. The Balaban J connectivity index is 0.00000210. The molecule has 0 saturated carbocycles. The van der Waals surface area contributed by atoms with Crippen LogP contribution in [-0.4, -0.2) is 31.8 Å². The zero-order valence-corrected chi connectivity index (χ0v) is 18.3. The Labute approximate surface area is 182 Å². The molecule has 0 bridgehead atoms. The first-order valence-electron chi connectivity index (χ1n) is 8.64. The van der Waals surface area contributed by atoms with E-state index in [-0.39, 0.29) is 31.4 Å². The van der Waals surface area contributed by atoms with E-state index in [9.17, 15) is 4.79 Å². The van der Waals surface area contributed by atoms with Crippen LogP contribution in [0.3, 0.4) is 0 Å². The van der Waals surface area contributed by atoms with Gasteiger partial charge in [-0.25, -0.2) is 4.79 Å². The van der Waals surface area contributed by atoms with Crippen molar-refractivity contribution in [3.05, 3.63) is 53.7 Å². The number of aromatic nitrogens is 1. The molecule has 0 aliphatic carbocycles. The van der Waals surface area contributed by atoms with Crippen LogP contribution in [0.2, 0.25) is 0 Å². The fraction of sp³-hybridized carbons (Fsp3) is 0.238. The second-order valence-corrected chi connectivity index (χ2v) is 5.90. The number of fused-ring (bicyclic) bond motifs is 1. The number of anilines is 2. The number of pyridine rings is 1. The molecule has 8 heteroatoms. The maximum atomic E-state index is 12.6. The number of nitrogens with zero attached hydrogens (tertiary/aromatic N) is 1. The van der Waals surface area contributed by atoms with Gasteiger partial charge in [-0.1, -0.05) is 18.2 Å².